The Kier molecular flexibility index (Phi) is 9.76. The van der Waals surface area contributed by atoms with Gasteiger partial charge in [-0.1, -0.05) is 18.2 Å². The number of benzene rings is 2. The Bertz CT molecular complexity index is 2160. The molecule has 12 nitrogen and oxygen atoms in total. The van der Waals surface area contributed by atoms with Gasteiger partial charge >= 0.3 is 12.2 Å². The average molecular weight is 767 g/mol. The van der Waals surface area contributed by atoms with Crippen molar-refractivity contribution in [1.82, 2.24) is 29.2 Å². The lowest BCUT2D eigenvalue weighted by Crippen LogP contribution is -2.41. The zero-order valence-electron chi connectivity index (χ0n) is 34.3. The summed E-state index contributed by atoms with van der Waals surface area (Å²) in [6.07, 6.45) is 5.49. The van der Waals surface area contributed by atoms with Gasteiger partial charge in [-0.25, -0.2) is 14.6 Å². The molecule has 3 amide bonds. The average Bonchev–Trinajstić information content (AvgIpc) is 3.45. The van der Waals surface area contributed by atoms with Crippen molar-refractivity contribution in [3.63, 3.8) is 0 Å². The van der Waals surface area contributed by atoms with Crippen LogP contribution in [0.4, 0.5) is 9.59 Å². The number of imidazole rings is 1. The lowest BCUT2D eigenvalue weighted by molar-refractivity contribution is 0.0204. The van der Waals surface area contributed by atoms with Gasteiger partial charge in [-0.15, -0.1) is 0 Å². The summed E-state index contributed by atoms with van der Waals surface area (Å²) in [4.78, 5) is 48.7. The number of aryl methyl sites for hydroxylation is 1. The van der Waals surface area contributed by atoms with Gasteiger partial charge in [0.2, 0.25) is 0 Å². The van der Waals surface area contributed by atoms with Crippen LogP contribution in [0.1, 0.15) is 102 Å². The number of aromatic nitrogens is 3. The second-order valence-electron chi connectivity index (χ2n) is 18.6. The predicted octanol–water partition coefficient (Wildman–Crippen LogP) is 8.10. The smallest absolute Gasteiger partial charge is 0.410 e. The van der Waals surface area contributed by atoms with Gasteiger partial charge in [-0.3, -0.25) is 4.79 Å². The van der Waals surface area contributed by atoms with Gasteiger partial charge in [0.1, 0.15) is 22.5 Å². The number of piperidine rings is 2. The van der Waals surface area contributed by atoms with Gasteiger partial charge in [0.15, 0.2) is 5.82 Å². The van der Waals surface area contributed by atoms with E-state index < -0.39 is 17.3 Å². The third-order valence-corrected chi connectivity index (χ3v) is 12.2. The fraction of sp³-hybridized carbons (Fsp3) is 0.591. The first kappa shape index (κ1) is 38.1. The van der Waals surface area contributed by atoms with E-state index in [1.54, 1.807) is 7.11 Å². The summed E-state index contributed by atoms with van der Waals surface area (Å²) in [5.74, 6) is 2.88. The van der Waals surface area contributed by atoms with E-state index in [4.69, 9.17) is 19.2 Å². The van der Waals surface area contributed by atoms with E-state index in [1.165, 1.54) is 29.3 Å². The number of nitrogens with zero attached hydrogens (tertiary/aromatic N) is 5. The minimum Gasteiger partial charge on any atom is -0.494 e. The Labute approximate surface area is 329 Å². The molecule has 2 aromatic heterocycles. The molecule has 2 saturated carbocycles. The molecule has 8 rings (SSSR count). The Hall–Kier alpha value is -4.74. The van der Waals surface area contributed by atoms with E-state index in [-0.39, 0.29) is 24.0 Å². The molecule has 3 atom stereocenters. The number of alkyl carbamates (subject to hydrolysis) is 1. The van der Waals surface area contributed by atoms with Crippen LogP contribution in [-0.2, 0) is 23.1 Å². The second-order valence-corrected chi connectivity index (χ2v) is 18.6. The molecule has 4 aliphatic rings. The summed E-state index contributed by atoms with van der Waals surface area (Å²) in [6, 6.07) is 12.7. The normalized spacial score (nSPS) is 21.6. The maximum absolute atomic E-state index is 14.3. The van der Waals surface area contributed by atoms with Crippen LogP contribution in [0.3, 0.4) is 0 Å². The SMILES string of the molecule is COc1cc(C(=O)N2C[C@H]3CC[C@@H]2[C@@H]3CNC(=O)OC(C)(C)C)cc2nc(-c3cc4cccc(C5CCN(C(=O)OC(C)(C)C)CC5)c4n3CC3CC3)n(C)c12. The van der Waals surface area contributed by atoms with Crippen LogP contribution >= 0.6 is 0 Å². The van der Waals surface area contributed by atoms with E-state index in [1.807, 2.05) is 70.5 Å². The van der Waals surface area contributed by atoms with Gasteiger partial charge in [0.05, 0.1) is 23.8 Å². The minimum absolute atomic E-state index is 0.0305. The van der Waals surface area contributed by atoms with Crippen LogP contribution in [0.25, 0.3) is 33.5 Å². The van der Waals surface area contributed by atoms with Crippen molar-refractivity contribution in [2.24, 2.45) is 24.8 Å². The molecule has 56 heavy (non-hydrogen) atoms. The van der Waals surface area contributed by atoms with Crippen LogP contribution in [0.2, 0.25) is 0 Å². The van der Waals surface area contributed by atoms with E-state index in [2.05, 4.69) is 38.7 Å². The number of methoxy groups -OCH3 is 1. The minimum atomic E-state index is -0.565. The Morgan fingerprint density at radius 1 is 0.893 bits per heavy atom. The number of hydrogen-bond donors (Lipinski definition) is 1. The molecule has 4 fully saturated rings. The van der Waals surface area contributed by atoms with Crippen LogP contribution in [-0.4, -0.2) is 92.5 Å². The highest BCUT2D eigenvalue weighted by molar-refractivity contribution is 6.00. The summed E-state index contributed by atoms with van der Waals surface area (Å²) in [6.45, 7) is 14.7. The maximum Gasteiger partial charge on any atom is 0.410 e. The monoisotopic (exact) mass is 766 g/mol. The number of rotatable bonds is 8. The number of likely N-dealkylation sites (tertiary alicyclic amines) is 2. The Balaban J connectivity index is 1.08. The third kappa shape index (κ3) is 7.43. The van der Waals surface area contributed by atoms with Crippen molar-refractivity contribution in [2.75, 3.05) is 33.3 Å². The number of ether oxygens (including phenoxy) is 3. The van der Waals surface area contributed by atoms with Crippen molar-refractivity contribution in [2.45, 2.75) is 110 Å². The zero-order valence-corrected chi connectivity index (χ0v) is 34.3. The number of amides is 3. The highest BCUT2D eigenvalue weighted by Crippen LogP contribution is 2.45. The standard InChI is InChI=1S/C44H58N6O6/c1-43(2,3)55-41(52)45-23-32-29-14-15-34(32)50(25-29)40(51)30-20-33-38(36(22-30)54-8)47(7)39(46-33)35-21-28-10-9-11-31(37(28)49(35)24-26-12-13-26)27-16-18-48(19-17-27)42(53)56-44(4,5)6/h9-11,20-22,26-27,29,32,34H,12-19,23-25H2,1-8H3,(H,45,52)/t29-,32-,34-/m1/s1. The molecule has 2 saturated heterocycles. The quantitative estimate of drug-likeness (QED) is 0.193. The van der Waals surface area contributed by atoms with Crippen molar-refractivity contribution in [1.29, 1.82) is 0 Å². The molecule has 2 aliphatic carbocycles. The third-order valence-electron chi connectivity index (χ3n) is 12.2. The number of fused-ring (bicyclic) bond motifs is 4. The van der Waals surface area contributed by atoms with Crippen LogP contribution in [0.5, 0.6) is 5.75 Å². The summed E-state index contributed by atoms with van der Waals surface area (Å²) in [5, 5.41) is 4.14. The molecule has 2 aliphatic heterocycles. The summed E-state index contributed by atoms with van der Waals surface area (Å²) in [7, 11) is 3.68. The topological polar surface area (TPSA) is 120 Å². The fourth-order valence-electron chi connectivity index (χ4n) is 9.48. The molecule has 1 N–H and O–H groups in total. The molecule has 4 aromatic rings. The summed E-state index contributed by atoms with van der Waals surface area (Å²) >= 11 is 0. The highest BCUT2D eigenvalue weighted by atomic mass is 16.6. The molecule has 2 bridgehead atoms. The van der Waals surface area contributed by atoms with E-state index in [9.17, 15) is 14.4 Å². The lowest BCUT2D eigenvalue weighted by atomic mass is 9.88. The molecule has 4 heterocycles. The van der Waals surface area contributed by atoms with Gasteiger partial charge < -0.3 is 38.5 Å². The van der Waals surface area contributed by atoms with Crippen molar-refractivity contribution >= 4 is 40.0 Å². The highest BCUT2D eigenvalue weighted by Gasteiger charge is 2.49. The largest absolute Gasteiger partial charge is 0.494 e. The van der Waals surface area contributed by atoms with Crippen LogP contribution in [0, 0.1) is 17.8 Å². The van der Waals surface area contributed by atoms with E-state index in [0.717, 1.165) is 54.8 Å². The van der Waals surface area contributed by atoms with Gasteiger partial charge in [0.25, 0.3) is 5.91 Å². The predicted molar refractivity (Wildman–Crippen MR) is 216 cm³/mol. The first-order valence-corrected chi connectivity index (χ1v) is 20.5. The van der Waals surface area contributed by atoms with Gasteiger partial charge in [-0.05, 0) is 122 Å². The maximum atomic E-state index is 14.3. The number of carbonyl (C=O) groups excluding carboxylic acids is 3. The number of nitrogens with one attached hydrogen (secondary N) is 1. The molecule has 300 valence electrons. The number of para-hydroxylation sites is 1. The molecular formula is C44H58N6O6. The fourth-order valence-corrected chi connectivity index (χ4v) is 9.48. The van der Waals surface area contributed by atoms with Gasteiger partial charge in [-0.2, -0.15) is 0 Å². The Morgan fingerprint density at radius 3 is 2.30 bits per heavy atom. The number of carbonyl (C=O) groups is 3. The summed E-state index contributed by atoms with van der Waals surface area (Å²) in [5.41, 5.74) is 4.67. The summed E-state index contributed by atoms with van der Waals surface area (Å²) < 4.78 is 21.7. The van der Waals surface area contributed by atoms with Crippen molar-refractivity contribution in [3.8, 4) is 17.3 Å². The molecule has 0 unspecified atom stereocenters. The molecule has 2 aromatic carbocycles. The second kappa shape index (κ2) is 14.3. The Morgan fingerprint density at radius 2 is 1.62 bits per heavy atom. The molecule has 12 heteroatoms. The van der Waals surface area contributed by atoms with E-state index >= 15 is 0 Å². The molecule has 0 spiro atoms. The first-order valence-electron chi connectivity index (χ1n) is 20.5. The van der Waals surface area contributed by atoms with Gasteiger partial charge in [0, 0.05) is 62.7 Å². The van der Waals surface area contributed by atoms with Crippen LogP contribution < -0.4 is 10.1 Å². The first-order chi connectivity index (χ1) is 26.6. The molecular weight excluding hydrogens is 709 g/mol. The zero-order chi connectivity index (χ0) is 39.7. The van der Waals surface area contributed by atoms with Crippen LogP contribution in [0.15, 0.2) is 36.4 Å². The van der Waals surface area contributed by atoms with Crippen molar-refractivity contribution in [3.05, 3.63) is 47.5 Å². The van der Waals surface area contributed by atoms with E-state index in [0.29, 0.717) is 55.2 Å². The number of hydrogen-bond acceptors (Lipinski definition) is 7. The lowest BCUT2D eigenvalue weighted by Gasteiger charge is -2.34. The van der Waals surface area contributed by atoms with Crippen molar-refractivity contribution < 1.29 is 28.6 Å². The molecule has 0 radical (unpaired) electrons.